The van der Waals surface area contributed by atoms with Gasteiger partial charge in [-0.1, -0.05) is 12.1 Å². The highest BCUT2D eigenvalue weighted by Gasteiger charge is 2.31. The SMILES string of the molecule is Cc1nc(CSc2ccccc2C(=O)Nc2cc(C(F)(F)F)c[nH]c2=O)cs1. The molecule has 28 heavy (non-hydrogen) atoms. The van der Waals surface area contributed by atoms with Crippen molar-refractivity contribution in [3.8, 4) is 0 Å². The quantitative estimate of drug-likeness (QED) is 0.581. The van der Waals surface area contributed by atoms with Gasteiger partial charge < -0.3 is 10.3 Å². The van der Waals surface area contributed by atoms with E-state index in [0.717, 1.165) is 10.7 Å². The van der Waals surface area contributed by atoms with Crippen LogP contribution in [0.3, 0.4) is 0 Å². The smallest absolute Gasteiger partial charge is 0.327 e. The number of aryl methyl sites for hydroxylation is 1. The number of anilines is 1. The fraction of sp³-hybridized carbons (Fsp3) is 0.167. The summed E-state index contributed by atoms with van der Waals surface area (Å²) in [6, 6.07) is 7.29. The molecule has 0 bridgehead atoms. The van der Waals surface area contributed by atoms with E-state index in [0.29, 0.717) is 22.9 Å². The number of aromatic nitrogens is 2. The number of hydrogen-bond donors (Lipinski definition) is 2. The topological polar surface area (TPSA) is 74.8 Å². The highest BCUT2D eigenvalue weighted by Crippen LogP contribution is 2.30. The molecule has 2 heterocycles. The fourth-order valence-electron chi connectivity index (χ4n) is 2.34. The zero-order valence-electron chi connectivity index (χ0n) is 14.5. The van der Waals surface area contributed by atoms with Crippen LogP contribution in [0.2, 0.25) is 0 Å². The molecule has 0 spiro atoms. The average molecular weight is 425 g/mol. The minimum absolute atomic E-state index is 0.260. The summed E-state index contributed by atoms with van der Waals surface area (Å²) < 4.78 is 38.5. The van der Waals surface area contributed by atoms with Gasteiger partial charge in [0.05, 0.1) is 21.8 Å². The lowest BCUT2D eigenvalue weighted by Crippen LogP contribution is -2.21. The molecule has 5 nitrogen and oxygen atoms in total. The van der Waals surface area contributed by atoms with Crippen LogP contribution >= 0.6 is 23.1 Å². The number of rotatable bonds is 5. The molecule has 3 rings (SSSR count). The van der Waals surface area contributed by atoms with Gasteiger partial charge in [0.25, 0.3) is 11.5 Å². The van der Waals surface area contributed by atoms with Gasteiger partial charge in [-0.2, -0.15) is 13.2 Å². The maximum absolute atomic E-state index is 12.8. The van der Waals surface area contributed by atoms with E-state index >= 15 is 0 Å². The second kappa shape index (κ2) is 8.19. The van der Waals surface area contributed by atoms with E-state index in [-0.39, 0.29) is 5.56 Å². The molecule has 0 radical (unpaired) electrons. The molecule has 0 unspecified atom stereocenters. The minimum Gasteiger partial charge on any atom is -0.327 e. The first-order valence-corrected chi connectivity index (χ1v) is 9.84. The molecule has 0 aliphatic heterocycles. The van der Waals surface area contributed by atoms with E-state index in [1.165, 1.54) is 23.1 Å². The number of H-pyrrole nitrogens is 1. The highest BCUT2D eigenvalue weighted by molar-refractivity contribution is 7.98. The average Bonchev–Trinajstić information content (AvgIpc) is 3.06. The zero-order chi connectivity index (χ0) is 20.3. The van der Waals surface area contributed by atoms with E-state index in [4.69, 9.17) is 0 Å². The van der Waals surface area contributed by atoms with E-state index in [9.17, 15) is 22.8 Å². The number of thioether (sulfide) groups is 1. The van der Waals surface area contributed by atoms with Gasteiger partial charge in [-0.05, 0) is 25.1 Å². The number of amides is 1. The predicted octanol–water partition coefficient (Wildman–Crippen LogP) is 4.70. The Labute approximate surface area is 166 Å². The maximum atomic E-state index is 12.8. The Morgan fingerprint density at radius 2 is 2.07 bits per heavy atom. The van der Waals surface area contributed by atoms with Crippen LogP contribution < -0.4 is 10.9 Å². The van der Waals surface area contributed by atoms with Crippen LogP contribution in [0, 0.1) is 6.92 Å². The fourth-order valence-corrected chi connectivity index (χ4v) is 4.00. The third-order valence-corrected chi connectivity index (χ3v) is 5.58. The molecule has 10 heteroatoms. The molecular weight excluding hydrogens is 411 g/mol. The lowest BCUT2D eigenvalue weighted by atomic mass is 10.2. The zero-order valence-corrected chi connectivity index (χ0v) is 16.1. The van der Waals surface area contributed by atoms with Crippen LogP contribution in [0.5, 0.6) is 0 Å². The number of nitrogens with one attached hydrogen (secondary N) is 2. The number of alkyl halides is 3. The van der Waals surface area contributed by atoms with Crippen molar-refractivity contribution in [3.63, 3.8) is 0 Å². The summed E-state index contributed by atoms with van der Waals surface area (Å²) in [6.45, 7) is 1.90. The molecule has 1 amide bonds. The largest absolute Gasteiger partial charge is 0.417 e. The molecule has 2 N–H and O–H groups in total. The lowest BCUT2D eigenvalue weighted by molar-refractivity contribution is -0.137. The Bertz CT molecular complexity index is 1060. The van der Waals surface area contributed by atoms with Crippen molar-refractivity contribution in [1.29, 1.82) is 0 Å². The van der Waals surface area contributed by atoms with Gasteiger partial charge in [0.15, 0.2) is 0 Å². The normalized spacial score (nSPS) is 11.4. The number of hydrogen-bond acceptors (Lipinski definition) is 5. The minimum atomic E-state index is -4.64. The number of nitrogens with zero attached hydrogens (tertiary/aromatic N) is 1. The van der Waals surface area contributed by atoms with Crippen molar-refractivity contribution in [2.24, 2.45) is 0 Å². The van der Waals surface area contributed by atoms with Gasteiger partial charge >= 0.3 is 6.18 Å². The van der Waals surface area contributed by atoms with Gasteiger partial charge in [0.1, 0.15) is 5.69 Å². The Morgan fingerprint density at radius 3 is 2.75 bits per heavy atom. The first kappa shape index (κ1) is 20.2. The molecule has 3 aromatic rings. The predicted molar refractivity (Wildman–Crippen MR) is 103 cm³/mol. The third kappa shape index (κ3) is 4.82. The Balaban J connectivity index is 1.81. The number of halogens is 3. The summed E-state index contributed by atoms with van der Waals surface area (Å²) in [5.41, 5.74) is -1.20. The molecule has 0 atom stereocenters. The monoisotopic (exact) mass is 425 g/mol. The van der Waals surface area contributed by atoms with Crippen LogP contribution in [0.15, 0.2) is 51.6 Å². The van der Waals surface area contributed by atoms with Crippen molar-refractivity contribution >= 4 is 34.7 Å². The van der Waals surface area contributed by atoms with Crippen LogP contribution in [-0.4, -0.2) is 15.9 Å². The molecule has 0 aliphatic carbocycles. The van der Waals surface area contributed by atoms with Crippen LogP contribution in [-0.2, 0) is 11.9 Å². The number of carbonyl (C=O) groups is 1. The summed E-state index contributed by atoms with van der Waals surface area (Å²) in [4.78, 5) is 31.4. The van der Waals surface area contributed by atoms with Crippen molar-refractivity contribution in [3.05, 3.63) is 74.1 Å². The Hall–Kier alpha value is -2.59. The van der Waals surface area contributed by atoms with E-state index in [2.05, 4.69) is 10.3 Å². The first-order valence-electron chi connectivity index (χ1n) is 7.98. The second-order valence-corrected chi connectivity index (χ2v) is 7.81. The number of aromatic amines is 1. The van der Waals surface area contributed by atoms with E-state index < -0.39 is 28.9 Å². The summed E-state index contributed by atoms with van der Waals surface area (Å²) >= 11 is 2.90. The maximum Gasteiger partial charge on any atom is 0.417 e. The van der Waals surface area contributed by atoms with Gasteiger partial charge in [-0.25, -0.2) is 4.98 Å². The first-order chi connectivity index (χ1) is 13.2. The number of benzene rings is 1. The van der Waals surface area contributed by atoms with Gasteiger partial charge in [-0.3, -0.25) is 9.59 Å². The van der Waals surface area contributed by atoms with E-state index in [1.807, 2.05) is 17.3 Å². The molecule has 0 fully saturated rings. The summed E-state index contributed by atoms with van der Waals surface area (Å²) in [6.07, 6.45) is -4.07. The number of carbonyl (C=O) groups excluding carboxylic acids is 1. The van der Waals surface area contributed by atoms with Crippen molar-refractivity contribution in [1.82, 2.24) is 9.97 Å². The summed E-state index contributed by atoms with van der Waals surface area (Å²) in [5.74, 6) is -0.124. The van der Waals surface area contributed by atoms with E-state index in [1.54, 1.807) is 24.3 Å². The standard InChI is InChI=1S/C18H14F3N3O2S2/c1-10-23-12(8-27-10)9-28-15-5-3-2-4-13(15)16(25)24-14-6-11(18(19,20)21)7-22-17(14)26/h2-8H,9H2,1H3,(H,22,26)(H,24,25). The summed E-state index contributed by atoms with van der Waals surface area (Å²) in [7, 11) is 0. The van der Waals surface area contributed by atoms with Crippen LogP contribution in [0.4, 0.5) is 18.9 Å². The lowest BCUT2D eigenvalue weighted by Gasteiger charge is -2.11. The molecule has 0 saturated carbocycles. The van der Waals surface area contributed by atoms with Crippen LogP contribution in [0.1, 0.15) is 26.6 Å². The summed E-state index contributed by atoms with van der Waals surface area (Å²) in [5, 5.41) is 5.13. The molecule has 1 aromatic carbocycles. The van der Waals surface area contributed by atoms with Crippen LogP contribution in [0.25, 0.3) is 0 Å². The van der Waals surface area contributed by atoms with Crippen molar-refractivity contribution < 1.29 is 18.0 Å². The Morgan fingerprint density at radius 1 is 1.32 bits per heavy atom. The molecule has 146 valence electrons. The molecular formula is C18H14F3N3O2S2. The Kier molecular flexibility index (Phi) is 5.90. The third-order valence-electron chi connectivity index (χ3n) is 3.65. The number of pyridine rings is 1. The highest BCUT2D eigenvalue weighted by atomic mass is 32.2. The number of thiazole rings is 1. The molecule has 0 aliphatic rings. The van der Waals surface area contributed by atoms with Gasteiger partial charge in [0.2, 0.25) is 0 Å². The molecule has 2 aromatic heterocycles. The molecule has 0 saturated heterocycles. The van der Waals surface area contributed by atoms with Crippen molar-refractivity contribution in [2.75, 3.05) is 5.32 Å². The van der Waals surface area contributed by atoms with Gasteiger partial charge in [-0.15, -0.1) is 23.1 Å². The van der Waals surface area contributed by atoms with Gasteiger partial charge in [0, 0.05) is 22.2 Å². The second-order valence-electron chi connectivity index (χ2n) is 5.73. The van der Waals surface area contributed by atoms with Crippen molar-refractivity contribution in [2.45, 2.75) is 23.7 Å².